The van der Waals surface area contributed by atoms with Crippen LogP contribution in [0.1, 0.15) is 16.8 Å². The molecule has 0 bridgehead atoms. The maximum atomic E-state index is 12.3. The number of anilines is 1. The molecule has 138 valence electrons. The fraction of sp³-hybridized carbons (Fsp3) is 0.529. The monoisotopic (exact) mass is 367 g/mol. The lowest BCUT2D eigenvalue weighted by atomic mass is 10.1. The summed E-state index contributed by atoms with van der Waals surface area (Å²) in [6.45, 7) is 4.10. The van der Waals surface area contributed by atoms with Crippen LogP contribution in [0.2, 0.25) is 0 Å². The van der Waals surface area contributed by atoms with Crippen LogP contribution in [0.4, 0.5) is 5.69 Å². The lowest BCUT2D eigenvalue weighted by Crippen LogP contribution is -2.46. The molecule has 1 N–H and O–H groups in total. The fourth-order valence-corrected chi connectivity index (χ4v) is 3.10. The number of benzene rings is 1. The lowest BCUT2D eigenvalue weighted by molar-refractivity contribution is -0.115. The van der Waals surface area contributed by atoms with Gasteiger partial charge in [0.2, 0.25) is 5.91 Å². The van der Waals surface area contributed by atoms with Crippen LogP contribution in [0.5, 0.6) is 0 Å². The SMILES string of the molecule is CN1CCN(CC(=O)c2ccc(NC(=O)CCS(C)(=O)=O)cc2)CC1. The normalized spacial score (nSPS) is 16.6. The first kappa shape index (κ1) is 19.6. The zero-order valence-electron chi connectivity index (χ0n) is 14.7. The van der Waals surface area contributed by atoms with Gasteiger partial charge >= 0.3 is 0 Å². The number of hydrogen-bond donors (Lipinski definition) is 1. The molecule has 0 aromatic heterocycles. The minimum atomic E-state index is -3.16. The van der Waals surface area contributed by atoms with E-state index < -0.39 is 9.84 Å². The number of rotatable bonds is 7. The Balaban J connectivity index is 1.84. The summed E-state index contributed by atoms with van der Waals surface area (Å²) in [4.78, 5) is 28.4. The molecule has 0 saturated carbocycles. The van der Waals surface area contributed by atoms with Gasteiger partial charge in [-0.1, -0.05) is 0 Å². The van der Waals surface area contributed by atoms with Crippen LogP contribution in [0.3, 0.4) is 0 Å². The van der Waals surface area contributed by atoms with Crippen molar-refractivity contribution in [1.82, 2.24) is 9.80 Å². The predicted octanol–water partition coefficient (Wildman–Crippen LogP) is 0.490. The quantitative estimate of drug-likeness (QED) is 0.706. The minimum absolute atomic E-state index is 0.0551. The molecule has 7 nitrogen and oxygen atoms in total. The number of carbonyl (C=O) groups excluding carboxylic acids is 2. The topological polar surface area (TPSA) is 86.8 Å². The Hall–Kier alpha value is -1.77. The van der Waals surface area contributed by atoms with Crippen LogP contribution in [-0.4, -0.2) is 81.7 Å². The molecular weight excluding hydrogens is 342 g/mol. The summed E-state index contributed by atoms with van der Waals surface area (Å²) >= 11 is 0. The second-order valence-electron chi connectivity index (χ2n) is 6.51. The van der Waals surface area contributed by atoms with Gasteiger partial charge in [0.05, 0.1) is 12.3 Å². The highest BCUT2D eigenvalue weighted by atomic mass is 32.2. The molecule has 1 aliphatic heterocycles. The van der Waals surface area contributed by atoms with Gasteiger partial charge in [0.25, 0.3) is 0 Å². The average Bonchev–Trinajstić information content (AvgIpc) is 2.55. The van der Waals surface area contributed by atoms with Gasteiger partial charge in [0.1, 0.15) is 9.84 Å². The molecule has 0 aliphatic carbocycles. The van der Waals surface area contributed by atoms with E-state index in [0.717, 1.165) is 32.4 Å². The average molecular weight is 367 g/mol. The first-order valence-corrected chi connectivity index (χ1v) is 10.3. The third kappa shape index (κ3) is 6.93. The molecule has 0 spiro atoms. The highest BCUT2D eigenvalue weighted by molar-refractivity contribution is 7.90. The fourth-order valence-electron chi connectivity index (χ4n) is 2.54. The van der Waals surface area contributed by atoms with Crippen molar-refractivity contribution >= 4 is 27.2 Å². The number of ketones is 1. The van der Waals surface area contributed by atoms with Gasteiger partial charge in [-0.3, -0.25) is 14.5 Å². The van der Waals surface area contributed by atoms with Crippen LogP contribution in [-0.2, 0) is 14.6 Å². The van der Waals surface area contributed by atoms with E-state index in [0.29, 0.717) is 17.8 Å². The number of sulfone groups is 1. The van der Waals surface area contributed by atoms with Gasteiger partial charge in [-0.25, -0.2) is 8.42 Å². The molecule has 1 saturated heterocycles. The second-order valence-corrected chi connectivity index (χ2v) is 8.77. The predicted molar refractivity (Wildman–Crippen MR) is 97.7 cm³/mol. The molecule has 1 aromatic carbocycles. The van der Waals surface area contributed by atoms with Crippen molar-refractivity contribution < 1.29 is 18.0 Å². The molecule has 25 heavy (non-hydrogen) atoms. The third-order valence-electron chi connectivity index (χ3n) is 4.15. The first-order valence-electron chi connectivity index (χ1n) is 8.25. The number of amides is 1. The van der Waals surface area contributed by atoms with E-state index in [2.05, 4.69) is 22.2 Å². The van der Waals surface area contributed by atoms with Gasteiger partial charge in [-0.2, -0.15) is 0 Å². The summed E-state index contributed by atoms with van der Waals surface area (Å²) in [6.07, 6.45) is 1.02. The third-order valence-corrected chi connectivity index (χ3v) is 5.10. The van der Waals surface area contributed by atoms with Crippen LogP contribution >= 0.6 is 0 Å². The number of likely N-dealkylation sites (N-methyl/N-ethyl adjacent to an activating group) is 1. The second kappa shape index (κ2) is 8.55. The zero-order valence-corrected chi connectivity index (χ0v) is 15.5. The van der Waals surface area contributed by atoms with Gasteiger partial charge in [-0.05, 0) is 31.3 Å². The lowest BCUT2D eigenvalue weighted by Gasteiger charge is -2.31. The van der Waals surface area contributed by atoms with Crippen molar-refractivity contribution in [2.45, 2.75) is 6.42 Å². The van der Waals surface area contributed by atoms with E-state index >= 15 is 0 Å². The van der Waals surface area contributed by atoms with Gasteiger partial charge in [0.15, 0.2) is 5.78 Å². The molecule has 0 atom stereocenters. The molecule has 8 heteroatoms. The highest BCUT2D eigenvalue weighted by Gasteiger charge is 2.17. The highest BCUT2D eigenvalue weighted by Crippen LogP contribution is 2.12. The first-order chi connectivity index (χ1) is 11.7. The Labute approximate surface area is 148 Å². The molecule has 1 heterocycles. The number of Topliss-reactive ketones (excluding diaryl/α,β-unsaturated/α-hetero) is 1. The summed E-state index contributed by atoms with van der Waals surface area (Å²) in [5, 5.41) is 2.64. The van der Waals surface area contributed by atoms with Crippen molar-refractivity contribution in [2.24, 2.45) is 0 Å². The van der Waals surface area contributed by atoms with E-state index in [1.54, 1.807) is 24.3 Å². The summed E-state index contributed by atoms with van der Waals surface area (Å²) in [5.41, 5.74) is 1.16. The number of nitrogens with one attached hydrogen (secondary N) is 1. The van der Waals surface area contributed by atoms with E-state index in [1.165, 1.54) is 0 Å². The number of piperazine rings is 1. The molecule has 2 rings (SSSR count). The largest absolute Gasteiger partial charge is 0.326 e. The summed E-state index contributed by atoms with van der Waals surface area (Å²) in [6, 6.07) is 6.69. The van der Waals surface area contributed by atoms with Crippen molar-refractivity contribution in [2.75, 3.05) is 57.1 Å². The van der Waals surface area contributed by atoms with Crippen molar-refractivity contribution in [3.05, 3.63) is 29.8 Å². The van der Waals surface area contributed by atoms with Gasteiger partial charge in [-0.15, -0.1) is 0 Å². The molecule has 1 aromatic rings. The Morgan fingerprint density at radius 3 is 2.24 bits per heavy atom. The maximum Gasteiger partial charge on any atom is 0.225 e. The summed E-state index contributed by atoms with van der Waals surface area (Å²) in [7, 11) is -1.09. The Kier molecular flexibility index (Phi) is 6.69. The van der Waals surface area contributed by atoms with Crippen LogP contribution in [0.25, 0.3) is 0 Å². The van der Waals surface area contributed by atoms with Crippen molar-refractivity contribution in [3.8, 4) is 0 Å². The van der Waals surface area contributed by atoms with E-state index in [1.807, 2.05) is 0 Å². The standard InChI is InChI=1S/C17H25N3O4S/c1-19-8-10-20(11-9-19)13-16(21)14-3-5-15(6-4-14)18-17(22)7-12-25(2,23)24/h3-6H,7-13H2,1-2H3,(H,18,22). The zero-order chi connectivity index (χ0) is 18.4. The maximum absolute atomic E-state index is 12.3. The Morgan fingerprint density at radius 2 is 1.68 bits per heavy atom. The van der Waals surface area contributed by atoms with Gasteiger partial charge in [0, 0.05) is 50.1 Å². The molecule has 0 unspecified atom stereocenters. The van der Waals surface area contributed by atoms with Crippen LogP contribution in [0.15, 0.2) is 24.3 Å². The van der Waals surface area contributed by atoms with Crippen molar-refractivity contribution in [1.29, 1.82) is 0 Å². The Morgan fingerprint density at radius 1 is 1.08 bits per heavy atom. The smallest absolute Gasteiger partial charge is 0.225 e. The Bertz CT molecular complexity index is 708. The molecule has 0 radical (unpaired) electrons. The molecule has 1 fully saturated rings. The summed E-state index contributed by atoms with van der Waals surface area (Å²) < 4.78 is 22.1. The number of carbonyl (C=O) groups is 2. The van der Waals surface area contributed by atoms with Crippen LogP contribution < -0.4 is 5.32 Å². The molecule has 1 aliphatic rings. The van der Waals surface area contributed by atoms with Gasteiger partial charge < -0.3 is 10.2 Å². The van der Waals surface area contributed by atoms with Crippen molar-refractivity contribution in [3.63, 3.8) is 0 Å². The summed E-state index contributed by atoms with van der Waals surface area (Å²) in [5.74, 6) is -0.484. The van der Waals surface area contributed by atoms with E-state index in [4.69, 9.17) is 0 Å². The van der Waals surface area contributed by atoms with E-state index in [-0.39, 0.29) is 23.9 Å². The number of nitrogens with zero attached hydrogens (tertiary/aromatic N) is 2. The molecule has 1 amide bonds. The minimum Gasteiger partial charge on any atom is -0.326 e. The van der Waals surface area contributed by atoms with E-state index in [9.17, 15) is 18.0 Å². The molecular formula is C17H25N3O4S. The number of hydrogen-bond acceptors (Lipinski definition) is 6. The van der Waals surface area contributed by atoms with Crippen LogP contribution in [0, 0.1) is 0 Å².